The number of ether oxygens (including phenoxy) is 2. The number of rotatable bonds is 9. The minimum Gasteiger partial charge on any atom is -0.490 e. The van der Waals surface area contributed by atoms with Gasteiger partial charge in [0.1, 0.15) is 0 Å². The van der Waals surface area contributed by atoms with Gasteiger partial charge in [-0.25, -0.2) is 10.2 Å². The largest absolute Gasteiger partial charge is 0.490 e. The molecule has 0 spiro atoms. The number of esters is 1. The Morgan fingerprint density at radius 1 is 1.03 bits per heavy atom. The first kappa shape index (κ1) is 23.8. The van der Waals surface area contributed by atoms with Crippen molar-refractivity contribution in [1.29, 1.82) is 0 Å². The van der Waals surface area contributed by atoms with Crippen molar-refractivity contribution in [3.8, 4) is 11.5 Å². The Labute approximate surface area is 197 Å². The maximum Gasteiger partial charge on any atom is 0.345 e. The molecule has 2 N–H and O–H groups in total. The van der Waals surface area contributed by atoms with Crippen LogP contribution in [0.4, 0.5) is 5.69 Å². The molecule has 0 atom stereocenters. The minimum absolute atomic E-state index is 0.0866. The number of carbonyl (C=O) groups excluding carboxylic acids is 2. The van der Waals surface area contributed by atoms with E-state index >= 15 is 0 Å². The molecule has 170 valence electrons. The topological polar surface area (TPSA) is 89.0 Å². The smallest absolute Gasteiger partial charge is 0.345 e. The van der Waals surface area contributed by atoms with Gasteiger partial charge < -0.3 is 14.8 Å². The van der Waals surface area contributed by atoms with Crippen LogP contribution >= 0.6 is 11.6 Å². The average Bonchev–Trinajstić information content (AvgIpc) is 2.80. The maximum atomic E-state index is 12.5. The second-order valence-electron chi connectivity index (χ2n) is 6.97. The fourth-order valence-corrected chi connectivity index (χ4v) is 3.12. The summed E-state index contributed by atoms with van der Waals surface area (Å²) in [5.41, 5.74) is 5.33. The molecule has 0 radical (unpaired) electrons. The molecule has 3 aromatic rings. The molecule has 0 heterocycles. The van der Waals surface area contributed by atoms with Gasteiger partial charge in [-0.3, -0.25) is 4.79 Å². The lowest BCUT2D eigenvalue weighted by Crippen LogP contribution is -2.26. The summed E-state index contributed by atoms with van der Waals surface area (Å²) in [6.07, 6.45) is 1.48. The van der Waals surface area contributed by atoms with Crippen LogP contribution in [0.15, 0.2) is 71.8 Å². The number of nitrogens with zero attached hydrogens (tertiary/aromatic N) is 1. The number of para-hydroxylation sites is 1. The van der Waals surface area contributed by atoms with Gasteiger partial charge in [-0.2, -0.15) is 5.10 Å². The Kier molecular flexibility index (Phi) is 8.43. The zero-order valence-corrected chi connectivity index (χ0v) is 19.1. The van der Waals surface area contributed by atoms with Crippen LogP contribution in [0, 0.1) is 6.92 Å². The normalized spacial score (nSPS) is 10.6. The molecule has 0 aliphatic rings. The van der Waals surface area contributed by atoms with E-state index < -0.39 is 5.97 Å². The van der Waals surface area contributed by atoms with Gasteiger partial charge in [0, 0.05) is 5.69 Å². The number of nitrogens with one attached hydrogen (secondary N) is 2. The molecule has 8 heteroatoms. The molecule has 0 saturated heterocycles. The molecule has 0 aliphatic carbocycles. The van der Waals surface area contributed by atoms with Gasteiger partial charge in [0.05, 0.1) is 30.0 Å². The predicted molar refractivity (Wildman–Crippen MR) is 129 cm³/mol. The zero-order chi connectivity index (χ0) is 23.6. The highest BCUT2D eigenvalue weighted by atomic mass is 35.5. The predicted octanol–water partition coefficient (Wildman–Crippen LogP) is 4.83. The number of hydrogen-bond donors (Lipinski definition) is 2. The highest BCUT2D eigenvalue weighted by molar-refractivity contribution is 6.33. The summed E-state index contributed by atoms with van der Waals surface area (Å²) in [4.78, 5) is 24.5. The lowest BCUT2D eigenvalue weighted by Gasteiger charge is -2.12. The van der Waals surface area contributed by atoms with Crippen LogP contribution in [-0.2, 0) is 4.79 Å². The number of benzene rings is 3. The minimum atomic E-state index is -0.587. The Morgan fingerprint density at radius 2 is 1.79 bits per heavy atom. The highest BCUT2D eigenvalue weighted by Crippen LogP contribution is 2.29. The Morgan fingerprint density at radius 3 is 2.55 bits per heavy atom. The highest BCUT2D eigenvalue weighted by Gasteiger charge is 2.15. The summed E-state index contributed by atoms with van der Waals surface area (Å²) in [6.45, 7) is 4.24. The number of hydrazone groups is 1. The lowest BCUT2D eigenvalue weighted by molar-refractivity contribution is -0.119. The van der Waals surface area contributed by atoms with Crippen LogP contribution in [-0.4, -0.2) is 31.2 Å². The third-order valence-electron chi connectivity index (χ3n) is 4.55. The molecule has 0 bridgehead atoms. The van der Waals surface area contributed by atoms with Crippen molar-refractivity contribution in [3.63, 3.8) is 0 Å². The van der Waals surface area contributed by atoms with E-state index in [4.69, 9.17) is 21.1 Å². The Bertz CT molecular complexity index is 1160. The summed E-state index contributed by atoms with van der Waals surface area (Å²) in [6, 6.07) is 19.3. The van der Waals surface area contributed by atoms with Crippen molar-refractivity contribution in [2.45, 2.75) is 13.8 Å². The van der Waals surface area contributed by atoms with E-state index in [1.165, 1.54) is 6.21 Å². The van der Waals surface area contributed by atoms with Gasteiger partial charge in [0.15, 0.2) is 11.5 Å². The van der Waals surface area contributed by atoms with Crippen LogP contribution in [0.3, 0.4) is 0 Å². The van der Waals surface area contributed by atoms with Gasteiger partial charge in [-0.05, 0) is 61.4 Å². The molecule has 0 unspecified atom stereocenters. The molecule has 0 aliphatic heterocycles. The fraction of sp³-hybridized carbons (Fsp3) is 0.160. The summed E-state index contributed by atoms with van der Waals surface area (Å²) in [7, 11) is 0. The Balaban J connectivity index is 1.61. The van der Waals surface area contributed by atoms with E-state index in [1.54, 1.807) is 42.5 Å². The van der Waals surface area contributed by atoms with E-state index in [0.29, 0.717) is 22.9 Å². The molecule has 7 nitrogen and oxygen atoms in total. The molecule has 3 rings (SSSR count). The fourth-order valence-electron chi connectivity index (χ4n) is 2.90. The average molecular weight is 466 g/mol. The van der Waals surface area contributed by atoms with Gasteiger partial charge in [-0.1, -0.05) is 41.9 Å². The van der Waals surface area contributed by atoms with Crippen molar-refractivity contribution < 1.29 is 19.1 Å². The number of halogens is 1. The number of hydrogen-bond acceptors (Lipinski definition) is 6. The molecule has 0 saturated carbocycles. The number of aryl methyl sites for hydroxylation is 1. The van der Waals surface area contributed by atoms with E-state index in [9.17, 15) is 9.59 Å². The molecule has 0 aromatic heterocycles. The zero-order valence-electron chi connectivity index (χ0n) is 18.3. The van der Waals surface area contributed by atoms with Gasteiger partial charge in [0.25, 0.3) is 5.91 Å². The van der Waals surface area contributed by atoms with Gasteiger partial charge in [0.2, 0.25) is 0 Å². The van der Waals surface area contributed by atoms with Crippen molar-refractivity contribution in [1.82, 2.24) is 5.43 Å². The maximum absolute atomic E-state index is 12.5. The number of carbonyl (C=O) groups is 2. The molecule has 1 amide bonds. The quantitative estimate of drug-likeness (QED) is 0.204. The molecule has 33 heavy (non-hydrogen) atoms. The second kappa shape index (κ2) is 11.7. The van der Waals surface area contributed by atoms with Gasteiger partial charge in [-0.15, -0.1) is 0 Å². The van der Waals surface area contributed by atoms with Gasteiger partial charge >= 0.3 is 5.97 Å². The SMILES string of the molecule is CCOc1cc(/C=N/NC(=O)CNc2ccccc2C)ccc1OC(=O)c1ccccc1Cl. The van der Waals surface area contributed by atoms with Crippen molar-refractivity contribution in [3.05, 3.63) is 88.4 Å². The van der Waals surface area contributed by atoms with Crippen LogP contribution in [0.2, 0.25) is 5.02 Å². The summed E-state index contributed by atoms with van der Waals surface area (Å²) in [5.74, 6) is -0.249. The van der Waals surface area contributed by atoms with E-state index in [-0.39, 0.29) is 23.8 Å². The molecule has 0 fully saturated rings. The third kappa shape index (κ3) is 6.82. The first-order valence-electron chi connectivity index (χ1n) is 10.3. The third-order valence-corrected chi connectivity index (χ3v) is 4.88. The first-order valence-corrected chi connectivity index (χ1v) is 10.7. The number of anilines is 1. The standard InChI is InChI=1S/C25H24ClN3O4/c1-3-32-23-14-18(12-13-22(23)33-25(31)19-9-5-6-10-20(19)26)15-28-29-24(30)16-27-21-11-7-4-8-17(21)2/h4-15,27H,3,16H2,1-2H3,(H,29,30)/b28-15+. The number of amides is 1. The monoisotopic (exact) mass is 465 g/mol. The second-order valence-corrected chi connectivity index (χ2v) is 7.38. The van der Waals surface area contributed by atoms with Crippen LogP contribution in [0.5, 0.6) is 11.5 Å². The van der Waals surface area contributed by atoms with Crippen LogP contribution in [0.25, 0.3) is 0 Å². The van der Waals surface area contributed by atoms with Crippen molar-refractivity contribution in [2.75, 3.05) is 18.5 Å². The van der Waals surface area contributed by atoms with Crippen molar-refractivity contribution >= 4 is 35.4 Å². The summed E-state index contributed by atoms with van der Waals surface area (Å²) in [5, 5.41) is 7.35. The first-order chi connectivity index (χ1) is 16.0. The molecular formula is C25H24ClN3O4. The van der Waals surface area contributed by atoms with E-state index in [1.807, 2.05) is 38.1 Å². The van der Waals surface area contributed by atoms with E-state index in [0.717, 1.165) is 11.3 Å². The van der Waals surface area contributed by atoms with E-state index in [2.05, 4.69) is 15.8 Å². The van der Waals surface area contributed by atoms with Crippen molar-refractivity contribution in [2.24, 2.45) is 5.10 Å². The molecule has 3 aromatic carbocycles. The summed E-state index contributed by atoms with van der Waals surface area (Å²) < 4.78 is 11.1. The lowest BCUT2D eigenvalue weighted by atomic mass is 10.2. The van der Waals surface area contributed by atoms with Crippen LogP contribution < -0.4 is 20.2 Å². The molecular weight excluding hydrogens is 442 g/mol. The summed E-state index contributed by atoms with van der Waals surface area (Å²) >= 11 is 6.07. The van der Waals surface area contributed by atoms with Crippen LogP contribution in [0.1, 0.15) is 28.4 Å². The Hall–Kier alpha value is -3.84.